The zero-order valence-corrected chi connectivity index (χ0v) is 15.5. The first-order valence-corrected chi connectivity index (χ1v) is 8.69. The molecule has 0 fully saturated rings. The lowest BCUT2D eigenvalue weighted by Crippen LogP contribution is -2.57. The summed E-state index contributed by atoms with van der Waals surface area (Å²) in [7, 11) is 0. The number of hydrogen-bond acceptors (Lipinski definition) is 7. The van der Waals surface area contributed by atoms with Crippen LogP contribution in [0.3, 0.4) is 0 Å². The molecule has 3 amide bonds. The van der Waals surface area contributed by atoms with Crippen molar-refractivity contribution in [2.45, 2.75) is 37.6 Å². The molecule has 0 unspecified atom stereocenters. The van der Waals surface area contributed by atoms with E-state index < -0.39 is 55.1 Å². The minimum absolute atomic E-state index is 0.247. The molecule has 0 aliphatic carbocycles. The lowest BCUT2D eigenvalue weighted by Gasteiger charge is -2.23. The molecule has 1 aromatic rings. The molecule has 0 heterocycles. The molecule has 0 saturated carbocycles. The normalized spacial score (nSPS) is 14.9. The van der Waals surface area contributed by atoms with Crippen LogP contribution >= 0.6 is 0 Å². The molecule has 0 radical (unpaired) electrons. The first kappa shape index (κ1) is 23.2. The van der Waals surface area contributed by atoms with Crippen molar-refractivity contribution < 1.29 is 29.4 Å². The number of aliphatic hydroxyl groups excluding tert-OH is 2. The van der Waals surface area contributed by atoms with Gasteiger partial charge in [0.15, 0.2) is 0 Å². The van der Waals surface area contributed by atoms with E-state index in [-0.39, 0.29) is 6.42 Å². The van der Waals surface area contributed by atoms with Gasteiger partial charge >= 0.3 is 0 Å². The molecule has 7 N–H and O–H groups in total. The largest absolute Gasteiger partial charge is 0.394 e. The van der Waals surface area contributed by atoms with E-state index in [1.807, 2.05) is 30.3 Å². The number of benzene rings is 1. The van der Waals surface area contributed by atoms with E-state index >= 15 is 0 Å². The third-order valence-corrected chi connectivity index (χ3v) is 3.83. The summed E-state index contributed by atoms with van der Waals surface area (Å²) < 4.78 is 0. The molecule has 0 bridgehead atoms. The maximum atomic E-state index is 12.3. The molecule has 4 atom stereocenters. The third kappa shape index (κ3) is 7.82. The Morgan fingerprint density at radius 2 is 1.79 bits per heavy atom. The van der Waals surface area contributed by atoms with Gasteiger partial charge in [0, 0.05) is 0 Å². The fraction of sp³-hybridized carbons (Fsp3) is 0.444. The van der Waals surface area contributed by atoms with Crippen molar-refractivity contribution in [1.82, 2.24) is 16.0 Å². The zero-order valence-electron chi connectivity index (χ0n) is 15.5. The molecule has 154 valence electrons. The molecule has 0 aliphatic heterocycles. The van der Waals surface area contributed by atoms with Crippen LogP contribution in [0.5, 0.6) is 0 Å². The van der Waals surface area contributed by atoms with Crippen LogP contribution < -0.4 is 21.7 Å². The molecule has 1 aromatic carbocycles. The lowest BCUT2D eigenvalue weighted by atomic mass is 10.0. The second-order valence-electron chi connectivity index (χ2n) is 6.23. The van der Waals surface area contributed by atoms with Gasteiger partial charge in [-0.05, 0) is 18.9 Å². The third-order valence-electron chi connectivity index (χ3n) is 3.83. The predicted octanol–water partition coefficient (Wildman–Crippen LogP) is -2.79. The summed E-state index contributed by atoms with van der Waals surface area (Å²) in [5, 5.41) is 25.4. The van der Waals surface area contributed by atoms with Crippen LogP contribution in [0.1, 0.15) is 12.5 Å². The van der Waals surface area contributed by atoms with Gasteiger partial charge in [0.25, 0.3) is 0 Å². The molecule has 0 spiro atoms. The zero-order chi connectivity index (χ0) is 21.1. The lowest BCUT2D eigenvalue weighted by molar-refractivity contribution is -0.133. The number of aliphatic hydroxyl groups is 2. The van der Waals surface area contributed by atoms with Gasteiger partial charge in [-0.3, -0.25) is 14.4 Å². The number of nitrogens with two attached hydrogens (primary N) is 1. The Balaban J connectivity index is 2.58. The van der Waals surface area contributed by atoms with Gasteiger partial charge in [0.05, 0.1) is 25.3 Å². The van der Waals surface area contributed by atoms with E-state index in [1.165, 1.54) is 6.92 Å². The van der Waals surface area contributed by atoms with Crippen LogP contribution in [0.25, 0.3) is 0 Å². The molecular formula is C18H26N4O6. The van der Waals surface area contributed by atoms with Crippen molar-refractivity contribution in [3.8, 4) is 0 Å². The SMILES string of the molecule is C[C@H](O)[C@H](NC(=O)[C@@H](N)Cc1ccccc1)C(=O)NCC(=O)N[C@H](C=O)CO. The second-order valence-corrected chi connectivity index (χ2v) is 6.23. The Kier molecular flexibility index (Phi) is 9.79. The molecule has 10 nitrogen and oxygen atoms in total. The fourth-order valence-electron chi connectivity index (χ4n) is 2.28. The smallest absolute Gasteiger partial charge is 0.245 e. The Bertz CT molecular complexity index is 667. The van der Waals surface area contributed by atoms with Crippen molar-refractivity contribution in [2.24, 2.45) is 5.73 Å². The van der Waals surface area contributed by atoms with Gasteiger partial charge in [-0.1, -0.05) is 30.3 Å². The fourth-order valence-corrected chi connectivity index (χ4v) is 2.28. The van der Waals surface area contributed by atoms with Gasteiger partial charge in [0.1, 0.15) is 18.4 Å². The first-order valence-electron chi connectivity index (χ1n) is 8.69. The minimum atomic E-state index is -1.32. The summed E-state index contributed by atoms with van der Waals surface area (Å²) in [4.78, 5) is 46.7. The standard InChI is InChI=1S/C18H26N4O6/c1-11(25)16(18(28)20-8-15(26)21-13(9-23)10-24)22-17(27)14(19)7-12-5-3-2-4-6-12/h2-6,9,11,13-14,16,24-25H,7-8,10,19H2,1H3,(H,20,28)(H,21,26)(H,22,27)/t11-,13+,14-,16-/m0/s1. The topological polar surface area (TPSA) is 171 Å². The summed E-state index contributed by atoms with van der Waals surface area (Å²) in [6.07, 6.45) is -0.638. The van der Waals surface area contributed by atoms with E-state index in [2.05, 4.69) is 16.0 Å². The number of nitrogens with one attached hydrogen (secondary N) is 3. The first-order chi connectivity index (χ1) is 13.3. The Hall–Kier alpha value is -2.82. The molecule has 10 heteroatoms. The summed E-state index contributed by atoms with van der Waals surface area (Å²) in [6.45, 7) is 0.231. The maximum absolute atomic E-state index is 12.3. The van der Waals surface area contributed by atoms with E-state index in [0.717, 1.165) is 5.56 Å². The average molecular weight is 394 g/mol. The highest BCUT2D eigenvalue weighted by molar-refractivity contribution is 5.92. The predicted molar refractivity (Wildman–Crippen MR) is 99.8 cm³/mol. The monoisotopic (exact) mass is 394 g/mol. The number of hydrogen-bond donors (Lipinski definition) is 6. The highest BCUT2D eigenvalue weighted by atomic mass is 16.3. The van der Waals surface area contributed by atoms with E-state index in [9.17, 15) is 24.3 Å². The number of rotatable bonds is 11. The Morgan fingerprint density at radius 3 is 2.32 bits per heavy atom. The van der Waals surface area contributed by atoms with Crippen molar-refractivity contribution in [2.75, 3.05) is 13.2 Å². The van der Waals surface area contributed by atoms with E-state index in [4.69, 9.17) is 10.8 Å². The van der Waals surface area contributed by atoms with Crippen LogP contribution in [-0.2, 0) is 25.6 Å². The molecule has 0 aliphatic rings. The average Bonchev–Trinajstić information content (AvgIpc) is 2.68. The molecular weight excluding hydrogens is 368 g/mol. The van der Waals surface area contributed by atoms with Crippen LogP contribution in [-0.4, -0.2) is 71.6 Å². The van der Waals surface area contributed by atoms with Crippen LogP contribution in [0, 0.1) is 0 Å². The summed E-state index contributed by atoms with van der Waals surface area (Å²) in [6, 6.07) is 5.74. The van der Waals surface area contributed by atoms with Crippen LogP contribution in [0.15, 0.2) is 30.3 Å². The van der Waals surface area contributed by atoms with Gasteiger partial charge < -0.3 is 36.7 Å². The van der Waals surface area contributed by atoms with Crippen LogP contribution in [0.4, 0.5) is 0 Å². The Labute approximate surface area is 162 Å². The van der Waals surface area contributed by atoms with Crippen molar-refractivity contribution in [1.29, 1.82) is 0 Å². The summed E-state index contributed by atoms with van der Waals surface area (Å²) in [5.74, 6) is -2.14. The number of carbonyl (C=O) groups is 4. The van der Waals surface area contributed by atoms with Gasteiger partial charge in [-0.25, -0.2) is 0 Å². The molecule has 1 rings (SSSR count). The van der Waals surface area contributed by atoms with Gasteiger partial charge in [0.2, 0.25) is 17.7 Å². The quantitative estimate of drug-likeness (QED) is 0.220. The van der Waals surface area contributed by atoms with Gasteiger partial charge in [-0.15, -0.1) is 0 Å². The number of carbonyl (C=O) groups excluding carboxylic acids is 4. The van der Waals surface area contributed by atoms with Crippen LogP contribution in [0.2, 0.25) is 0 Å². The minimum Gasteiger partial charge on any atom is -0.394 e. The molecule has 0 aromatic heterocycles. The van der Waals surface area contributed by atoms with Crippen molar-refractivity contribution in [3.63, 3.8) is 0 Å². The second kappa shape index (κ2) is 11.8. The van der Waals surface area contributed by atoms with Crippen molar-refractivity contribution in [3.05, 3.63) is 35.9 Å². The van der Waals surface area contributed by atoms with Crippen molar-refractivity contribution >= 4 is 24.0 Å². The highest BCUT2D eigenvalue weighted by Gasteiger charge is 2.28. The summed E-state index contributed by atoms with van der Waals surface area (Å²) in [5.41, 5.74) is 6.70. The molecule has 0 saturated heterocycles. The van der Waals surface area contributed by atoms with E-state index in [1.54, 1.807) is 0 Å². The molecule has 28 heavy (non-hydrogen) atoms. The highest BCUT2D eigenvalue weighted by Crippen LogP contribution is 2.03. The number of amides is 3. The maximum Gasteiger partial charge on any atom is 0.245 e. The number of aldehydes is 1. The summed E-state index contributed by atoms with van der Waals surface area (Å²) >= 11 is 0. The van der Waals surface area contributed by atoms with E-state index in [0.29, 0.717) is 6.29 Å². The van der Waals surface area contributed by atoms with Gasteiger partial charge in [-0.2, -0.15) is 0 Å². The Morgan fingerprint density at radius 1 is 1.14 bits per heavy atom.